The maximum Gasteiger partial charge on any atom is 0.360 e. The Balaban J connectivity index is 2.54. The minimum absolute atomic E-state index is 0.0267. The van der Waals surface area contributed by atoms with E-state index >= 15 is 0 Å². The van der Waals surface area contributed by atoms with Gasteiger partial charge in [-0.15, -0.1) is 0 Å². The number of nitrogens with zero attached hydrogens (tertiary/aromatic N) is 2. The van der Waals surface area contributed by atoms with Crippen molar-refractivity contribution in [2.45, 2.75) is 0 Å². The van der Waals surface area contributed by atoms with Gasteiger partial charge < -0.3 is 10.5 Å². The molecule has 0 saturated carbocycles. The number of aromatic nitrogens is 2. The van der Waals surface area contributed by atoms with Crippen molar-refractivity contribution in [3.63, 3.8) is 0 Å². The van der Waals surface area contributed by atoms with Crippen LogP contribution >= 0.6 is 22.6 Å². The van der Waals surface area contributed by atoms with Crippen LogP contribution in [0.15, 0.2) is 42.5 Å². The number of ether oxygens (including phenoxy) is 1. The molecule has 0 saturated heterocycles. The summed E-state index contributed by atoms with van der Waals surface area (Å²) in [5.41, 5.74) is 7.17. The third kappa shape index (κ3) is 3.13. The highest BCUT2D eigenvalue weighted by Gasteiger charge is 2.18. The fourth-order valence-electron chi connectivity index (χ4n) is 1.58. The highest BCUT2D eigenvalue weighted by molar-refractivity contribution is 14.1. The predicted octanol–water partition coefficient (Wildman–Crippen LogP) is 2.52. The van der Waals surface area contributed by atoms with Gasteiger partial charge in [-0.2, -0.15) is 0 Å². The van der Waals surface area contributed by atoms with Gasteiger partial charge in [-0.05, 0) is 22.6 Å². The smallest absolute Gasteiger partial charge is 0.360 e. The van der Waals surface area contributed by atoms with E-state index in [0.29, 0.717) is 9.39 Å². The molecule has 1 aromatic rings. The fraction of sp³-hybridized carbons (Fsp3) is 0.0714. The van der Waals surface area contributed by atoms with Crippen LogP contribution in [0, 0.1) is 3.70 Å². The summed E-state index contributed by atoms with van der Waals surface area (Å²) in [6.45, 7) is 0. The summed E-state index contributed by atoms with van der Waals surface area (Å²) in [4.78, 5) is 20.1. The van der Waals surface area contributed by atoms with Gasteiger partial charge in [0.2, 0.25) is 0 Å². The van der Waals surface area contributed by atoms with Gasteiger partial charge in [0.15, 0.2) is 11.5 Å². The Kier molecular flexibility index (Phi) is 4.67. The second-order valence-corrected chi connectivity index (χ2v) is 4.86. The number of nitrogen functional groups attached to an aromatic ring is 1. The lowest BCUT2D eigenvalue weighted by Gasteiger charge is -2.08. The van der Waals surface area contributed by atoms with Crippen molar-refractivity contribution in [2.75, 3.05) is 12.8 Å². The van der Waals surface area contributed by atoms with Crippen LogP contribution in [0.4, 0.5) is 5.82 Å². The van der Waals surface area contributed by atoms with Gasteiger partial charge in [0.25, 0.3) is 0 Å². The molecule has 1 aliphatic rings. The number of hydrogen-bond acceptors (Lipinski definition) is 5. The van der Waals surface area contributed by atoms with E-state index in [2.05, 4.69) is 14.7 Å². The van der Waals surface area contributed by atoms with Crippen LogP contribution in [0.5, 0.6) is 0 Å². The Morgan fingerprint density at radius 1 is 1.20 bits per heavy atom. The molecule has 0 aromatic carbocycles. The van der Waals surface area contributed by atoms with Crippen LogP contribution in [-0.4, -0.2) is 23.0 Å². The Morgan fingerprint density at radius 3 is 2.65 bits per heavy atom. The molecule has 2 N–H and O–H groups in total. The monoisotopic (exact) mass is 381 g/mol. The highest BCUT2D eigenvalue weighted by Crippen LogP contribution is 2.22. The third-order valence-electron chi connectivity index (χ3n) is 2.53. The molecule has 0 unspecified atom stereocenters. The minimum atomic E-state index is -0.599. The molecule has 0 aliphatic heterocycles. The number of nitrogens with two attached hydrogens (primary N) is 1. The van der Waals surface area contributed by atoms with Gasteiger partial charge >= 0.3 is 5.97 Å². The predicted molar refractivity (Wildman–Crippen MR) is 85.9 cm³/mol. The Labute approximate surface area is 130 Å². The summed E-state index contributed by atoms with van der Waals surface area (Å²) in [5, 5.41) is 0. The molecule has 0 fully saturated rings. The van der Waals surface area contributed by atoms with E-state index in [9.17, 15) is 4.79 Å². The van der Waals surface area contributed by atoms with Gasteiger partial charge in [0.1, 0.15) is 9.39 Å². The highest BCUT2D eigenvalue weighted by atomic mass is 127. The molecule has 5 nitrogen and oxygen atoms in total. The van der Waals surface area contributed by atoms with Crippen LogP contribution in [0.2, 0.25) is 0 Å². The number of allylic oxidation sites excluding steroid dienone is 8. The van der Waals surface area contributed by atoms with E-state index in [1.54, 1.807) is 0 Å². The topological polar surface area (TPSA) is 78.1 Å². The third-order valence-corrected chi connectivity index (χ3v) is 3.28. The van der Waals surface area contributed by atoms with Crippen molar-refractivity contribution in [3.8, 4) is 0 Å². The van der Waals surface area contributed by atoms with Gasteiger partial charge in [0.05, 0.1) is 7.11 Å². The standard InChI is InChI=1S/C14H12IN3O2/c1-20-14(19)11-13(16)18-12(15)10(17-11)9-7-5-3-2-4-6-8-9/h2-8H,1H3,(H2,16,18)/b3-2-,4-2?,5-3?,6-4-,7-5-,8-6?,9-7?,9-8+. The van der Waals surface area contributed by atoms with Crippen LogP contribution in [0.25, 0.3) is 5.57 Å². The van der Waals surface area contributed by atoms with Gasteiger partial charge in [0, 0.05) is 5.57 Å². The number of hydrogen-bond donors (Lipinski definition) is 1. The zero-order valence-corrected chi connectivity index (χ0v) is 12.9. The Morgan fingerprint density at radius 2 is 1.90 bits per heavy atom. The molecule has 0 radical (unpaired) electrons. The Hall–Kier alpha value is -1.96. The van der Waals surface area contributed by atoms with Crippen molar-refractivity contribution in [3.05, 3.63) is 57.6 Å². The molecule has 102 valence electrons. The number of rotatable bonds is 2. The largest absolute Gasteiger partial charge is 0.464 e. The fourth-order valence-corrected chi connectivity index (χ4v) is 2.27. The van der Waals surface area contributed by atoms with Crippen molar-refractivity contribution in [1.29, 1.82) is 0 Å². The molecule has 2 rings (SSSR count). The summed E-state index contributed by atoms with van der Waals surface area (Å²) >= 11 is 2.04. The normalized spacial score (nSPS) is 21.0. The van der Waals surface area contributed by atoms with Crippen LogP contribution in [0.3, 0.4) is 0 Å². The summed E-state index contributed by atoms with van der Waals surface area (Å²) < 4.78 is 5.28. The molecular weight excluding hydrogens is 369 g/mol. The Bertz CT molecular complexity index is 661. The van der Waals surface area contributed by atoms with Gasteiger partial charge in [-0.3, -0.25) is 0 Å². The first kappa shape index (κ1) is 14.4. The first-order valence-electron chi connectivity index (χ1n) is 5.77. The first-order valence-corrected chi connectivity index (χ1v) is 6.84. The van der Waals surface area contributed by atoms with E-state index in [4.69, 9.17) is 5.73 Å². The second-order valence-electron chi connectivity index (χ2n) is 3.84. The summed E-state index contributed by atoms with van der Waals surface area (Å²) in [7, 11) is 1.28. The van der Waals surface area contributed by atoms with E-state index in [1.807, 2.05) is 65.1 Å². The second kappa shape index (κ2) is 6.47. The average Bonchev–Trinajstić information content (AvgIpc) is 2.39. The number of carbonyl (C=O) groups excluding carboxylic acids is 1. The van der Waals surface area contributed by atoms with Crippen molar-refractivity contribution in [1.82, 2.24) is 9.97 Å². The molecular formula is C14H12IN3O2. The molecule has 0 bridgehead atoms. The van der Waals surface area contributed by atoms with E-state index in [-0.39, 0.29) is 11.5 Å². The molecule has 1 aliphatic carbocycles. The molecule has 6 heteroatoms. The molecule has 0 spiro atoms. The van der Waals surface area contributed by atoms with E-state index in [1.165, 1.54) is 7.11 Å². The zero-order chi connectivity index (χ0) is 14.5. The van der Waals surface area contributed by atoms with Crippen LogP contribution in [-0.2, 0) is 4.74 Å². The number of anilines is 1. The molecule has 1 heterocycles. The lowest BCUT2D eigenvalue weighted by Crippen LogP contribution is -2.13. The van der Waals surface area contributed by atoms with Crippen molar-refractivity contribution < 1.29 is 9.53 Å². The maximum atomic E-state index is 11.6. The molecule has 0 amide bonds. The molecule has 0 atom stereocenters. The number of methoxy groups -OCH3 is 1. The SMILES string of the molecule is COC(=O)c1nc(C2=C/C=C\C=C/C=C\2)c(I)nc1N. The maximum absolute atomic E-state index is 11.6. The van der Waals surface area contributed by atoms with E-state index < -0.39 is 5.97 Å². The van der Waals surface area contributed by atoms with E-state index in [0.717, 1.165) is 5.57 Å². The minimum Gasteiger partial charge on any atom is -0.464 e. The lowest BCUT2D eigenvalue weighted by molar-refractivity contribution is 0.0595. The van der Waals surface area contributed by atoms with Crippen molar-refractivity contribution in [2.24, 2.45) is 0 Å². The lowest BCUT2D eigenvalue weighted by atomic mass is 10.1. The summed E-state index contributed by atoms with van der Waals surface area (Å²) in [5.74, 6) is -0.533. The van der Waals surface area contributed by atoms with Gasteiger partial charge in [-0.25, -0.2) is 14.8 Å². The zero-order valence-electron chi connectivity index (χ0n) is 10.7. The first-order chi connectivity index (χ1) is 9.63. The number of esters is 1. The number of halogens is 1. The number of carbonyl (C=O) groups is 1. The van der Waals surface area contributed by atoms with Gasteiger partial charge in [-0.1, -0.05) is 42.5 Å². The summed E-state index contributed by atoms with van der Waals surface area (Å²) in [6.07, 6.45) is 13.3. The molecule has 20 heavy (non-hydrogen) atoms. The van der Waals surface area contributed by atoms with Crippen LogP contribution in [0.1, 0.15) is 16.2 Å². The quantitative estimate of drug-likeness (QED) is 0.629. The summed E-state index contributed by atoms with van der Waals surface area (Å²) in [6, 6.07) is 0. The van der Waals surface area contributed by atoms with Crippen molar-refractivity contribution >= 4 is 40.0 Å². The molecule has 1 aromatic heterocycles. The average molecular weight is 381 g/mol. The van der Waals surface area contributed by atoms with Crippen LogP contribution < -0.4 is 5.73 Å².